The molecule has 0 saturated carbocycles. The van der Waals surface area contributed by atoms with E-state index in [1.54, 1.807) is 0 Å². The number of fused-ring (bicyclic) bond motifs is 1. The van der Waals surface area contributed by atoms with Gasteiger partial charge in [-0.2, -0.15) is 0 Å². The molecule has 5 nitrogen and oxygen atoms in total. The molecule has 26 heavy (non-hydrogen) atoms. The van der Waals surface area contributed by atoms with Crippen molar-refractivity contribution >= 4 is 11.8 Å². The highest BCUT2D eigenvalue weighted by Crippen LogP contribution is 2.45. The summed E-state index contributed by atoms with van der Waals surface area (Å²) in [5, 5.41) is 0. The van der Waals surface area contributed by atoms with E-state index in [-0.39, 0.29) is 17.9 Å². The molecule has 0 N–H and O–H groups in total. The Morgan fingerprint density at radius 2 is 1.85 bits per heavy atom. The average Bonchev–Trinajstić information content (AvgIpc) is 3.13. The third-order valence-corrected chi connectivity index (χ3v) is 5.76. The molecular formula is C21H31N3O2. The first-order chi connectivity index (χ1) is 12.4. The minimum absolute atomic E-state index is 0.0769. The molecule has 3 atom stereocenters. The van der Waals surface area contributed by atoms with Gasteiger partial charge in [0.05, 0.1) is 12.6 Å². The van der Waals surface area contributed by atoms with E-state index in [9.17, 15) is 9.59 Å². The molecule has 0 spiro atoms. The first-order valence-corrected chi connectivity index (χ1v) is 9.69. The summed E-state index contributed by atoms with van der Waals surface area (Å²) in [6.45, 7) is 6.91. The zero-order chi connectivity index (χ0) is 18.8. The van der Waals surface area contributed by atoms with E-state index in [4.69, 9.17) is 0 Å². The van der Waals surface area contributed by atoms with Gasteiger partial charge >= 0.3 is 0 Å². The zero-order valence-corrected chi connectivity index (χ0v) is 16.4. The van der Waals surface area contributed by atoms with E-state index in [2.05, 4.69) is 30.0 Å². The first-order valence-electron chi connectivity index (χ1n) is 9.69. The normalized spacial score (nSPS) is 25.0. The molecule has 0 aliphatic carbocycles. The van der Waals surface area contributed by atoms with Crippen molar-refractivity contribution in [3.05, 3.63) is 35.4 Å². The largest absolute Gasteiger partial charge is 0.342 e. The van der Waals surface area contributed by atoms with Crippen molar-refractivity contribution in [3.8, 4) is 0 Å². The highest BCUT2D eigenvalue weighted by atomic mass is 16.2. The summed E-state index contributed by atoms with van der Waals surface area (Å²) in [5.41, 5.74) is 2.45. The summed E-state index contributed by atoms with van der Waals surface area (Å²) in [6, 6.07) is 8.44. The molecule has 5 heteroatoms. The van der Waals surface area contributed by atoms with Crippen LogP contribution in [0.5, 0.6) is 0 Å². The van der Waals surface area contributed by atoms with Crippen molar-refractivity contribution in [2.75, 3.05) is 40.3 Å². The molecule has 2 saturated heterocycles. The van der Waals surface area contributed by atoms with Gasteiger partial charge in [0.1, 0.15) is 0 Å². The van der Waals surface area contributed by atoms with Gasteiger partial charge in [-0.25, -0.2) is 0 Å². The molecule has 0 unspecified atom stereocenters. The van der Waals surface area contributed by atoms with Crippen molar-refractivity contribution in [3.63, 3.8) is 0 Å². The molecule has 1 aromatic rings. The average molecular weight is 357 g/mol. The number of nitrogens with zero attached hydrogens (tertiary/aromatic N) is 3. The highest BCUT2D eigenvalue weighted by Gasteiger charge is 2.50. The van der Waals surface area contributed by atoms with Gasteiger partial charge in [0, 0.05) is 37.9 Å². The third-order valence-electron chi connectivity index (χ3n) is 5.76. The number of hydrogen-bond donors (Lipinski definition) is 0. The van der Waals surface area contributed by atoms with E-state index >= 15 is 0 Å². The second-order valence-electron chi connectivity index (χ2n) is 8.06. The van der Waals surface area contributed by atoms with E-state index < -0.39 is 0 Å². The Morgan fingerprint density at radius 1 is 1.12 bits per heavy atom. The summed E-state index contributed by atoms with van der Waals surface area (Å²) < 4.78 is 0. The van der Waals surface area contributed by atoms with Gasteiger partial charge in [0.25, 0.3) is 0 Å². The maximum atomic E-state index is 12.9. The minimum atomic E-state index is 0.0769. The molecule has 2 fully saturated rings. The highest BCUT2D eigenvalue weighted by molar-refractivity contribution is 5.80. The molecule has 2 aliphatic rings. The number of benzene rings is 1. The van der Waals surface area contributed by atoms with Gasteiger partial charge in [0.15, 0.2) is 0 Å². The molecule has 2 amide bonds. The SMILES string of the molecule is CCCC(=O)N1C[C@@H]2CN(C(=O)CN(C)C)[C@@H](c3ccccc3C)[C@@H]2C1. The fourth-order valence-corrected chi connectivity index (χ4v) is 4.56. The Balaban J connectivity index is 1.87. The Hall–Kier alpha value is -1.88. The number of carbonyl (C=O) groups is 2. The second-order valence-corrected chi connectivity index (χ2v) is 8.06. The number of aryl methyl sites for hydroxylation is 1. The van der Waals surface area contributed by atoms with Crippen molar-refractivity contribution in [2.45, 2.75) is 32.7 Å². The van der Waals surface area contributed by atoms with Crippen LogP contribution in [0, 0.1) is 18.8 Å². The number of hydrogen-bond acceptors (Lipinski definition) is 3. The Morgan fingerprint density at radius 3 is 2.50 bits per heavy atom. The van der Waals surface area contributed by atoms with Crippen LogP contribution in [0.25, 0.3) is 0 Å². The van der Waals surface area contributed by atoms with Crippen LogP contribution in [0.1, 0.15) is 36.9 Å². The molecule has 2 aliphatic heterocycles. The van der Waals surface area contributed by atoms with Crippen molar-refractivity contribution in [2.24, 2.45) is 11.8 Å². The molecule has 0 bridgehead atoms. The van der Waals surface area contributed by atoms with Gasteiger partial charge in [-0.05, 0) is 38.6 Å². The topological polar surface area (TPSA) is 43.9 Å². The maximum absolute atomic E-state index is 12.9. The molecular weight excluding hydrogens is 326 g/mol. The van der Waals surface area contributed by atoms with Gasteiger partial charge < -0.3 is 14.7 Å². The first kappa shape index (κ1) is 18.9. The summed E-state index contributed by atoms with van der Waals surface area (Å²) >= 11 is 0. The molecule has 1 aromatic carbocycles. The van der Waals surface area contributed by atoms with E-state index in [0.717, 1.165) is 26.1 Å². The smallest absolute Gasteiger partial charge is 0.237 e. The van der Waals surface area contributed by atoms with Crippen LogP contribution < -0.4 is 0 Å². The van der Waals surface area contributed by atoms with Crippen LogP contribution in [-0.2, 0) is 9.59 Å². The summed E-state index contributed by atoms with van der Waals surface area (Å²) in [6.07, 6.45) is 1.51. The van der Waals surface area contributed by atoms with Gasteiger partial charge in [-0.15, -0.1) is 0 Å². The minimum Gasteiger partial charge on any atom is -0.342 e. The lowest BCUT2D eigenvalue weighted by molar-refractivity contribution is -0.134. The fourth-order valence-electron chi connectivity index (χ4n) is 4.56. The standard InChI is InChI=1S/C21H31N3O2/c1-5-8-19(25)23-11-16-12-24(20(26)14-22(3)4)21(18(16)13-23)17-10-7-6-9-15(17)2/h6-7,9-10,16,18,21H,5,8,11-14H2,1-4H3/t16-,18-,21+/m1/s1. The maximum Gasteiger partial charge on any atom is 0.237 e. The van der Waals surface area contributed by atoms with Gasteiger partial charge in [0.2, 0.25) is 11.8 Å². The lowest BCUT2D eigenvalue weighted by Crippen LogP contribution is -2.41. The fraction of sp³-hybridized carbons (Fsp3) is 0.619. The Bertz CT molecular complexity index is 673. The molecule has 142 valence electrons. The zero-order valence-electron chi connectivity index (χ0n) is 16.4. The monoisotopic (exact) mass is 357 g/mol. The Labute approximate surface area is 156 Å². The Kier molecular flexibility index (Phi) is 5.66. The summed E-state index contributed by atoms with van der Waals surface area (Å²) in [4.78, 5) is 31.3. The van der Waals surface area contributed by atoms with Crippen LogP contribution in [0.2, 0.25) is 0 Å². The molecule has 2 heterocycles. The number of amides is 2. The van der Waals surface area contributed by atoms with E-state index in [0.29, 0.717) is 24.8 Å². The lowest BCUT2D eigenvalue weighted by Gasteiger charge is -2.31. The van der Waals surface area contributed by atoms with Crippen molar-refractivity contribution in [1.29, 1.82) is 0 Å². The van der Waals surface area contributed by atoms with Crippen LogP contribution in [0.15, 0.2) is 24.3 Å². The predicted octanol–water partition coefficient (Wildman–Crippen LogP) is 2.31. The summed E-state index contributed by atoms with van der Waals surface area (Å²) in [5.74, 6) is 1.16. The summed E-state index contributed by atoms with van der Waals surface area (Å²) in [7, 11) is 3.87. The number of likely N-dealkylation sites (N-methyl/N-ethyl adjacent to an activating group) is 1. The van der Waals surface area contributed by atoms with Crippen molar-refractivity contribution in [1.82, 2.24) is 14.7 Å². The van der Waals surface area contributed by atoms with E-state index in [1.165, 1.54) is 11.1 Å². The molecule has 3 rings (SSSR count). The second kappa shape index (κ2) is 7.78. The number of likely N-dealkylation sites (tertiary alicyclic amines) is 2. The number of rotatable bonds is 5. The van der Waals surface area contributed by atoms with Crippen LogP contribution in [-0.4, -0.2) is 66.8 Å². The van der Waals surface area contributed by atoms with Crippen molar-refractivity contribution < 1.29 is 9.59 Å². The van der Waals surface area contributed by atoms with Crippen LogP contribution in [0.3, 0.4) is 0 Å². The van der Waals surface area contributed by atoms with E-state index in [1.807, 2.05) is 36.9 Å². The lowest BCUT2D eigenvalue weighted by atomic mass is 9.87. The quantitative estimate of drug-likeness (QED) is 0.812. The van der Waals surface area contributed by atoms with Crippen LogP contribution >= 0.6 is 0 Å². The predicted molar refractivity (Wildman–Crippen MR) is 103 cm³/mol. The van der Waals surface area contributed by atoms with Gasteiger partial charge in [-0.3, -0.25) is 9.59 Å². The third kappa shape index (κ3) is 3.63. The molecule has 0 radical (unpaired) electrons. The van der Waals surface area contributed by atoms with Crippen LogP contribution in [0.4, 0.5) is 0 Å². The molecule has 0 aromatic heterocycles. The number of carbonyl (C=O) groups excluding carboxylic acids is 2. The van der Waals surface area contributed by atoms with Gasteiger partial charge in [-0.1, -0.05) is 31.2 Å².